The highest BCUT2D eigenvalue weighted by molar-refractivity contribution is 5.94. The van der Waals surface area contributed by atoms with Crippen LogP contribution in [0, 0.1) is 11.8 Å². The molecule has 2 aromatic rings. The van der Waals surface area contributed by atoms with E-state index in [0.29, 0.717) is 36.4 Å². The summed E-state index contributed by atoms with van der Waals surface area (Å²) in [6.07, 6.45) is 3.65. The Morgan fingerprint density at radius 3 is 2.83 bits per heavy atom. The number of aromatic nitrogens is 1. The van der Waals surface area contributed by atoms with Crippen LogP contribution in [0.1, 0.15) is 23.2 Å². The SMILES string of the molecule is NC1CCC2CN(C(=O)c3ccc(-c4ccco4)[nH]c3=O)CC12. The quantitative estimate of drug-likeness (QED) is 0.877. The Balaban J connectivity index is 1.56. The fourth-order valence-electron chi connectivity index (χ4n) is 3.86. The van der Waals surface area contributed by atoms with Crippen molar-refractivity contribution in [3.63, 3.8) is 0 Å². The Hall–Kier alpha value is -2.34. The molecule has 0 radical (unpaired) electrons. The topological polar surface area (TPSA) is 92.3 Å². The number of pyridine rings is 1. The molecule has 2 fully saturated rings. The predicted molar refractivity (Wildman–Crippen MR) is 84.9 cm³/mol. The number of nitrogens with one attached hydrogen (secondary N) is 1. The first-order valence-corrected chi connectivity index (χ1v) is 7.95. The first kappa shape index (κ1) is 14.3. The summed E-state index contributed by atoms with van der Waals surface area (Å²) >= 11 is 0. The lowest BCUT2D eigenvalue weighted by molar-refractivity contribution is 0.0778. The van der Waals surface area contributed by atoms with E-state index in [9.17, 15) is 9.59 Å². The number of carbonyl (C=O) groups is 1. The van der Waals surface area contributed by atoms with E-state index in [0.717, 1.165) is 12.8 Å². The molecule has 6 nitrogen and oxygen atoms in total. The van der Waals surface area contributed by atoms with Crippen LogP contribution in [-0.4, -0.2) is 34.9 Å². The molecule has 23 heavy (non-hydrogen) atoms. The van der Waals surface area contributed by atoms with Gasteiger partial charge in [-0.2, -0.15) is 0 Å². The van der Waals surface area contributed by atoms with E-state index in [2.05, 4.69) is 4.98 Å². The van der Waals surface area contributed by atoms with Crippen LogP contribution >= 0.6 is 0 Å². The third-order valence-electron chi connectivity index (χ3n) is 5.13. The normalized spacial score (nSPS) is 26.5. The Kier molecular flexibility index (Phi) is 3.34. The number of aromatic amines is 1. The molecule has 1 saturated carbocycles. The molecular formula is C17H19N3O3. The molecule has 1 aliphatic carbocycles. The minimum absolute atomic E-state index is 0.175. The summed E-state index contributed by atoms with van der Waals surface area (Å²) in [6.45, 7) is 1.36. The largest absolute Gasteiger partial charge is 0.463 e. The van der Waals surface area contributed by atoms with Gasteiger partial charge in [0.1, 0.15) is 11.3 Å². The maximum absolute atomic E-state index is 12.6. The average Bonchev–Trinajstić information content (AvgIpc) is 3.25. The lowest BCUT2D eigenvalue weighted by atomic mass is 9.98. The van der Waals surface area contributed by atoms with Gasteiger partial charge in [0.15, 0.2) is 0 Å². The molecule has 0 spiro atoms. The highest BCUT2D eigenvalue weighted by Gasteiger charge is 2.42. The highest BCUT2D eigenvalue weighted by atomic mass is 16.3. The van der Waals surface area contributed by atoms with Gasteiger partial charge in [-0.25, -0.2) is 0 Å². The average molecular weight is 313 g/mol. The molecule has 1 aliphatic heterocycles. The van der Waals surface area contributed by atoms with Crippen LogP contribution in [-0.2, 0) is 0 Å². The van der Waals surface area contributed by atoms with Crippen molar-refractivity contribution in [2.24, 2.45) is 17.6 Å². The van der Waals surface area contributed by atoms with Crippen molar-refractivity contribution in [1.82, 2.24) is 9.88 Å². The minimum atomic E-state index is -0.384. The van der Waals surface area contributed by atoms with Crippen LogP contribution in [0.25, 0.3) is 11.5 Å². The van der Waals surface area contributed by atoms with Gasteiger partial charge in [0.2, 0.25) is 0 Å². The van der Waals surface area contributed by atoms with Gasteiger partial charge in [0, 0.05) is 19.1 Å². The molecule has 3 N–H and O–H groups in total. The molecule has 2 aromatic heterocycles. The third kappa shape index (κ3) is 2.39. The Labute approximate surface area is 133 Å². The van der Waals surface area contributed by atoms with Crippen molar-refractivity contribution in [3.05, 3.63) is 46.4 Å². The monoisotopic (exact) mass is 313 g/mol. The van der Waals surface area contributed by atoms with Crippen molar-refractivity contribution in [2.75, 3.05) is 13.1 Å². The van der Waals surface area contributed by atoms with E-state index in [1.54, 1.807) is 35.4 Å². The van der Waals surface area contributed by atoms with E-state index in [1.807, 2.05) is 0 Å². The first-order chi connectivity index (χ1) is 11.1. The zero-order valence-corrected chi connectivity index (χ0v) is 12.7. The number of hydrogen-bond donors (Lipinski definition) is 2. The maximum atomic E-state index is 12.6. The molecule has 2 aliphatic rings. The molecule has 3 unspecified atom stereocenters. The standard InChI is InChI=1S/C17H19N3O3/c18-13-5-3-10-8-20(9-12(10)13)17(22)11-4-6-14(19-16(11)21)15-2-1-7-23-15/h1-2,4,6-7,10,12-13H,3,5,8-9,18H2,(H,19,21). The van der Waals surface area contributed by atoms with Crippen molar-refractivity contribution in [3.8, 4) is 11.5 Å². The molecule has 0 aromatic carbocycles. The lowest BCUT2D eigenvalue weighted by Crippen LogP contribution is -2.36. The van der Waals surface area contributed by atoms with Crippen molar-refractivity contribution in [1.29, 1.82) is 0 Å². The van der Waals surface area contributed by atoms with Gasteiger partial charge in [-0.15, -0.1) is 0 Å². The zero-order chi connectivity index (χ0) is 16.0. The molecule has 0 bridgehead atoms. The Morgan fingerprint density at radius 2 is 2.13 bits per heavy atom. The smallest absolute Gasteiger partial charge is 0.261 e. The lowest BCUT2D eigenvalue weighted by Gasteiger charge is -2.18. The summed E-state index contributed by atoms with van der Waals surface area (Å²) in [4.78, 5) is 29.4. The van der Waals surface area contributed by atoms with Crippen LogP contribution in [0.4, 0.5) is 0 Å². The van der Waals surface area contributed by atoms with Gasteiger partial charge in [-0.3, -0.25) is 9.59 Å². The highest BCUT2D eigenvalue weighted by Crippen LogP contribution is 2.37. The van der Waals surface area contributed by atoms with Crippen LogP contribution < -0.4 is 11.3 Å². The third-order valence-corrected chi connectivity index (χ3v) is 5.13. The number of furan rings is 1. The van der Waals surface area contributed by atoms with E-state index in [1.165, 1.54) is 0 Å². The fraction of sp³-hybridized carbons (Fsp3) is 0.412. The van der Waals surface area contributed by atoms with Gasteiger partial charge < -0.3 is 20.0 Å². The molecule has 1 amide bonds. The summed E-state index contributed by atoms with van der Waals surface area (Å²) in [5.74, 6) is 1.22. The number of rotatable bonds is 2. The van der Waals surface area contributed by atoms with Gasteiger partial charge in [-0.1, -0.05) is 0 Å². The predicted octanol–water partition coefficient (Wildman–Crippen LogP) is 1.44. The number of amides is 1. The molecule has 1 saturated heterocycles. The van der Waals surface area contributed by atoms with Crippen LogP contribution in [0.15, 0.2) is 39.7 Å². The Morgan fingerprint density at radius 1 is 1.26 bits per heavy atom. The summed E-state index contributed by atoms with van der Waals surface area (Å²) in [7, 11) is 0. The maximum Gasteiger partial charge on any atom is 0.261 e. The molecule has 4 rings (SSSR count). The molecule has 3 heterocycles. The summed E-state index contributed by atoms with van der Waals surface area (Å²) in [5.41, 5.74) is 6.47. The van der Waals surface area contributed by atoms with Crippen molar-refractivity contribution in [2.45, 2.75) is 18.9 Å². The molecule has 6 heteroatoms. The number of hydrogen-bond acceptors (Lipinski definition) is 4. The summed E-state index contributed by atoms with van der Waals surface area (Å²) < 4.78 is 5.26. The summed E-state index contributed by atoms with van der Waals surface area (Å²) in [6, 6.07) is 6.97. The number of nitrogens with zero attached hydrogens (tertiary/aromatic N) is 1. The number of H-pyrrole nitrogens is 1. The number of nitrogens with two attached hydrogens (primary N) is 1. The number of carbonyl (C=O) groups excluding carboxylic acids is 1. The van der Waals surface area contributed by atoms with Gasteiger partial charge in [0.05, 0.1) is 12.0 Å². The minimum Gasteiger partial charge on any atom is -0.463 e. The molecule has 3 atom stereocenters. The second kappa shape index (κ2) is 5.38. The second-order valence-corrected chi connectivity index (χ2v) is 6.47. The van der Waals surface area contributed by atoms with E-state index < -0.39 is 0 Å². The van der Waals surface area contributed by atoms with Gasteiger partial charge in [0.25, 0.3) is 11.5 Å². The first-order valence-electron chi connectivity index (χ1n) is 7.95. The second-order valence-electron chi connectivity index (χ2n) is 6.47. The Bertz CT molecular complexity index is 781. The number of likely N-dealkylation sites (tertiary alicyclic amines) is 1. The van der Waals surface area contributed by atoms with E-state index >= 15 is 0 Å². The fourth-order valence-corrected chi connectivity index (χ4v) is 3.86. The van der Waals surface area contributed by atoms with Crippen LogP contribution in [0.5, 0.6) is 0 Å². The van der Waals surface area contributed by atoms with Crippen molar-refractivity contribution < 1.29 is 9.21 Å². The summed E-state index contributed by atoms with van der Waals surface area (Å²) in [5, 5.41) is 0. The molecule has 120 valence electrons. The van der Waals surface area contributed by atoms with Gasteiger partial charge >= 0.3 is 0 Å². The van der Waals surface area contributed by atoms with E-state index in [4.69, 9.17) is 10.2 Å². The van der Waals surface area contributed by atoms with Gasteiger partial charge in [-0.05, 0) is 48.9 Å². The van der Waals surface area contributed by atoms with Crippen LogP contribution in [0.3, 0.4) is 0 Å². The van der Waals surface area contributed by atoms with Crippen LogP contribution in [0.2, 0.25) is 0 Å². The van der Waals surface area contributed by atoms with E-state index in [-0.39, 0.29) is 23.1 Å². The van der Waals surface area contributed by atoms with Crippen molar-refractivity contribution >= 4 is 5.91 Å². The number of fused-ring (bicyclic) bond motifs is 1. The molecular weight excluding hydrogens is 294 g/mol. The zero-order valence-electron chi connectivity index (χ0n) is 12.7.